The molecule has 1 aliphatic carbocycles. The summed E-state index contributed by atoms with van der Waals surface area (Å²) in [4.78, 5) is 0.226. The van der Waals surface area contributed by atoms with Crippen LogP contribution in [0.4, 0.5) is 0 Å². The summed E-state index contributed by atoms with van der Waals surface area (Å²) in [5.41, 5.74) is 0.615. The van der Waals surface area contributed by atoms with Crippen molar-refractivity contribution in [3.63, 3.8) is 0 Å². The number of nitrogens with one attached hydrogen (secondary N) is 1. The summed E-state index contributed by atoms with van der Waals surface area (Å²) < 4.78 is 27.5. The number of benzene rings is 1. The van der Waals surface area contributed by atoms with Crippen molar-refractivity contribution < 1.29 is 13.5 Å². The molecule has 0 aliphatic heterocycles. The second-order valence-electron chi connectivity index (χ2n) is 6.12. The van der Waals surface area contributed by atoms with Crippen LogP contribution in [-0.4, -0.2) is 20.1 Å². The van der Waals surface area contributed by atoms with Gasteiger partial charge in [0.2, 0.25) is 10.0 Å². The SMILES string of the molecule is CC(O)c1cccc(S(=O)(=O)NCC2CCCCC2C)c1. The van der Waals surface area contributed by atoms with Gasteiger partial charge in [-0.05, 0) is 42.9 Å². The average molecular weight is 311 g/mol. The van der Waals surface area contributed by atoms with Crippen LogP contribution in [0.5, 0.6) is 0 Å². The molecule has 3 atom stereocenters. The third kappa shape index (κ3) is 4.28. The van der Waals surface area contributed by atoms with Crippen LogP contribution < -0.4 is 4.72 Å². The molecule has 0 saturated heterocycles. The lowest BCUT2D eigenvalue weighted by Gasteiger charge is -2.28. The van der Waals surface area contributed by atoms with Crippen molar-refractivity contribution in [3.8, 4) is 0 Å². The molecular formula is C16H25NO3S. The first-order valence-corrected chi connectivity index (χ1v) is 9.16. The molecule has 5 heteroatoms. The predicted molar refractivity (Wildman–Crippen MR) is 83.4 cm³/mol. The van der Waals surface area contributed by atoms with Gasteiger partial charge in [0.05, 0.1) is 11.0 Å². The Hall–Kier alpha value is -0.910. The van der Waals surface area contributed by atoms with Crippen molar-refractivity contribution >= 4 is 10.0 Å². The summed E-state index contributed by atoms with van der Waals surface area (Å²) in [5.74, 6) is 0.999. The largest absolute Gasteiger partial charge is 0.389 e. The minimum atomic E-state index is -3.50. The van der Waals surface area contributed by atoms with Crippen LogP contribution in [0.2, 0.25) is 0 Å². The number of hydrogen-bond acceptors (Lipinski definition) is 3. The van der Waals surface area contributed by atoms with E-state index in [0.29, 0.717) is 23.9 Å². The smallest absolute Gasteiger partial charge is 0.240 e. The number of hydrogen-bond donors (Lipinski definition) is 2. The Bertz CT molecular complexity index is 569. The minimum Gasteiger partial charge on any atom is -0.389 e. The maximum Gasteiger partial charge on any atom is 0.240 e. The Morgan fingerprint density at radius 1 is 1.33 bits per heavy atom. The third-order valence-corrected chi connectivity index (χ3v) is 5.90. The molecule has 1 fully saturated rings. The lowest BCUT2D eigenvalue weighted by Crippen LogP contribution is -2.33. The van der Waals surface area contributed by atoms with Crippen LogP contribution in [0.1, 0.15) is 51.2 Å². The number of aliphatic hydroxyl groups is 1. The Morgan fingerprint density at radius 3 is 2.71 bits per heavy atom. The molecular weight excluding hydrogens is 286 g/mol. The van der Waals surface area contributed by atoms with E-state index in [9.17, 15) is 13.5 Å². The van der Waals surface area contributed by atoms with Crippen LogP contribution in [0.3, 0.4) is 0 Å². The minimum absolute atomic E-state index is 0.226. The molecule has 2 N–H and O–H groups in total. The normalized spacial score (nSPS) is 24.7. The molecule has 1 aromatic carbocycles. The molecule has 0 heterocycles. The Kier molecular flexibility index (Phi) is 5.41. The van der Waals surface area contributed by atoms with Crippen molar-refractivity contribution in [1.29, 1.82) is 0 Å². The van der Waals surface area contributed by atoms with E-state index in [4.69, 9.17) is 0 Å². The summed E-state index contributed by atoms with van der Waals surface area (Å²) in [6.45, 7) is 4.33. The fourth-order valence-electron chi connectivity index (χ4n) is 2.94. The van der Waals surface area contributed by atoms with Crippen molar-refractivity contribution in [3.05, 3.63) is 29.8 Å². The van der Waals surface area contributed by atoms with Gasteiger partial charge in [-0.3, -0.25) is 0 Å². The van der Waals surface area contributed by atoms with Gasteiger partial charge in [0.25, 0.3) is 0 Å². The van der Waals surface area contributed by atoms with Gasteiger partial charge in [0.1, 0.15) is 0 Å². The maximum atomic E-state index is 12.4. The highest BCUT2D eigenvalue weighted by Gasteiger charge is 2.24. The van der Waals surface area contributed by atoms with Gasteiger partial charge in [0, 0.05) is 6.54 Å². The maximum absolute atomic E-state index is 12.4. The molecule has 3 unspecified atom stereocenters. The van der Waals surface area contributed by atoms with Crippen LogP contribution in [0.25, 0.3) is 0 Å². The van der Waals surface area contributed by atoms with Gasteiger partial charge < -0.3 is 5.11 Å². The molecule has 21 heavy (non-hydrogen) atoms. The zero-order valence-corrected chi connectivity index (χ0v) is 13.6. The van der Waals surface area contributed by atoms with Crippen molar-refractivity contribution in [2.75, 3.05) is 6.54 Å². The van der Waals surface area contributed by atoms with Gasteiger partial charge >= 0.3 is 0 Å². The molecule has 0 aromatic heterocycles. The van der Waals surface area contributed by atoms with Gasteiger partial charge in [-0.2, -0.15) is 0 Å². The lowest BCUT2D eigenvalue weighted by molar-refractivity contribution is 0.199. The Balaban J connectivity index is 2.06. The molecule has 1 saturated carbocycles. The fraction of sp³-hybridized carbons (Fsp3) is 0.625. The van der Waals surface area contributed by atoms with Gasteiger partial charge in [-0.25, -0.2) is 13.1 Å². The summed E-state index contributed by atoms with van der Waals surface area (Å²) in [5, 5.41) is 9.57. The first-order valence-electron chi connectivity index (χ1n) is 7.68. The molecule has 0 radical (unpaired) electrons. The third-order valence-electron chi connectivity index (χ3n) is 4.48. The standard InChI is InChI=1S/C16H25NO3S/c1-12-6-3-4-7-15(12)11-17-21(19,20)16-9-5-8-14(10-16)13(2)18/h5,8-10,12-13,15,17-18H,3-4,6-7,11H2,1-2H3. The zero-order chi connectivity index (χ0) is 15.5. The van der Waals surface area contributed by atoms with Gasteiger partial charge in [0.15, 0.2) is 0 Å². The van der Waals surface area contributed by atoms with E-state index in [1.54, 1.807) is 25.1 Å². The second-order valence-corrected chi connectivity index (χ2v) is 7.89. The predicted octanol–water partition coefficient (Wildman–Crippen LogP) is 2.84. The van der Waals surface area contributed by atoms with E-state index >= 15 is 0 Å². The highest BCUT2D eigenvalue weighted by molar-refractivity contribution is 7.89. The van der Waals surface area contributed by atoms with Crippen molar-refractivity contribution in [1.82, 2.24) is 4.72 Å². The summed E-state index contributed by atoms with van der Waals surface area (Å²) in [7, 11) is -3.50. The topological polar surface area (TPSA) is 66.4 Å². The van der Waals surface area contributed by atoms with Crippen molar-refractivity contribution in [2.45, 2.75) is 50.5 Å². The Morgan fingerprint density at radius 2 is 2.05 bits per heavy atom. The zero-order valence-electron chi connectivity index (χ0n) is 12.7. The number of sulfonamides is 1. The van der Waals surface area contributed by atoms with Crippen LogP contribution in [0, 0.1) is 11.8 Å². The highest BCUT2D eigenvalue weighted by atomic mass is 32.2. The molecule has 0 spiro atoms. The summed E-state index contributed by atoms with van der Waals surface area (Å²) in [6, 6.07) is 6.50. The van der Waals surface area contributed by atoms with Crippen LogP contribution >= 0.6 is 0 Å². The number of aliphatic hydroxyl groups excluding tert-OH is 1. The highest BCUT2D eigenvalue weighted by Crippen LogP contribution is 2.29. The van der Waals surface area contributed by atoms with Crippen LogP contribution in [-0.2, 0) is 10.0 Å². The van der Waals surface area contributed by atoms with E-state index in [0.717, 1.165) is 6.42 Å². The van der Waals surface area contributed by atoms with E-state index < -0.39 is 16.1 Å². The first-order chi connectivity index (χ1) is 9.90. The van der Waals surface area contributed by atoms with Crippen molar-refractivity contribution in [2.24, 2.45) is 11.8 Å². The summed E-state index contributed by atoms with van der Waals surface area (Å²) in [6.07, 6.45) is 4.05. The number of rotatable bonds is 5. The van der Waals surface area contributed by atoms with Gasteiger partial charge in [-0.1, -0.05) is 38.3 Å². The Labute approximate surface area is 127 Å². The second kappa shape index (κ2) is 6.90. The molecule has 4 nitrogen and oxygen atoms in total. The molecule has 2 rings (SSSR count). The van der Waals surface area contributed by atoms with E-state index in [1.165, 1.54) is 25.3 Å². The van der Waals surface area contributed by atoms with E-state index in [1.807, 2.05) is 0 Å². The average Bonchev–Trinajstić information content (AvgIpc) is 2.46. The molecule has 1 aliphatic rings. The first kappa shape index (κ1) is 16.5. The van der Waals surface area contributed by atoms with Gasteiger partial charge in [-0.15, -0.1) is 0 Å². The molecule has 1 aromatic rings. The van der Waals surface area contributed by atoms with E-state index in [-0.39, 0.29) is 4.90 Å². The molecule has 118 valence electrons. The fourth-order valence-corrected chi connectivity index (χ4v) is 4.09. The van der Waals surface area contributed by atoms with E-state index in [2.05, 4.69) is 11.6 Å². The quantitative estimate of drug-likeness (QED) is 0.878. The molecule has 0 bridgehead atoms. The van der Waals surface area contributed by atoms with Crippen LogP contribution in [0.15, 0.2) is 29.2 Å². The monoisotopic (exact) mass is 311 g/mol. The lowest BCUT2D eigenvalue weighted by atomic mass is 9.81. The molecule has 0 amide bonds. The summed E-state index contributed by atoms with van der Waals surface area (Å²) >= 11 is 0.